The summed E-state index contributed by atoms with van der Waals surface area (Å²) in [7, 11) is 6.50. The first kappa shape index (κ1) is 29.0. The molecule has 0 saturated carbocycles. The molecule has 34 heavy (non-hydrogen) atoms. The van der Waals surface area contributed by atoms with Gasteiger partial charge in [-0.1, -0.05) is 66.2 Å². The Bertz CT molecular complexity index is 994. The molecule has 0 saturated heterocycles. The van der Waals surface area contributed by atoms with Gasteiger partial charge in [-0.15, -0.1) is 4.57 Å². The van der Waals surface area contributed by atoms with E-state index in [-0.39, 0.29) is 6.23 Å². The largest absolute Gasteiger partial charge is 0.493 e. The highest BCUT2D eigenvalue weighted by Crippen LogP contribution is 2.42. The molecule has 4 rings (SSSR count). The van der Waals surface area contributed by atoms with E-state index in [1.807, 2.05) is 52.0 Å². The minimum absolute atomic E-state index is 0.210. The highest BCUT2D eigenvalue weighted by atomic mass is 16.6. The molecule has 188 valence electrons. The Labute approximate surface area is 205 Å². The Morgan fingerprint density at radius 3 is 1.91 bits per heavy atom. The minimum Gasteiger partial charge on any atom is -0.493 e. The Morgan fingerprint density at radius 1 is 0.853 bits per heavy atom. The Kier molecular flexibility index (Phi) is 12.8. The predicted octanol–water partition coefficient (Wildman–Crippen LogP) is 6.83. The molecule has 0 fully saturated rings. The number of nitrogens with zero attached hydrogens (tertiary/aromatic N) is 1. The van der Waals surface area contributed by atoms with Gasteiger partial charge >= 0.3 is 12.1 Å². The van der Waals surface area contributed by atoms with Gasteiger partial charge in [0, 0.05) is 13.2 Å². The topological polar surface area (TPSA) is 50.0 Å². The first-order valence-electron chi connectivity index (χ1n) is 12.1. The number of hydrogen-bond donors (Lipinski definition) is 0. The van der Waals surface area contributed by atoms with Gasteiger partial charge in [0.2, 0.25) is 11.4 Å². The Morgan fingerprint density at radius 2 is 1.41 bits per heavy atom. The second-order valence-corrected chi connectivity index (χ2v) is 6.91. The predicted molar refractivity (Wildman–Crippen MR) is 139 cm³/mol. The molecule has 0 bridgehead atoms. The van der Waals surface area contributed by atoms with Gasteiger partial charge in [-0.05, 0) is 23.6 Å². The summed E-state index contributed by atoms with van der Waals surface area (Å²) < 4.78 is 30.2. The third-order valence-corrected chi connectivity index (χ3v) is 4.84. The highest BCUT2D eigenvalue weighted by molar-refractivity contribution is 5.88. The third-order valence-electron chi connectivity index (χ3n) is 4.84. The number of rotatable bonds is 5. The molecule has 2 heterocycles. The summed E-state index contributed by atoms with van der Waals surface area (Å²) >= 11 is 0. The molecule has 6 nitrogen and oxygen atoms in total. The number of methoxy groups -OCH3 is 4. The summed E-state index contributed by atoms with van der Waals surface area (Å²) in [5.41, 5.74) is 1.87. The van der Waals surface area contributed by atoms with E-state index in [9.17, 15) is 0 Å². The van der Waals surface area contributed by atoms with Crippen molar-refractivity contribution in [2.24, 2.45) is 0 Å². The monoisotopic (exact) mass is 472 g/mol. The molecule has 1 atom stereocenters. The maximum absolute atomic E-state index is 5.99. The average Bonchev–Trinajstić information content (AvgIpc) is 3.34. The highest BCUT2D eigenvalue weighted by Gasteiger charge is 2.38. The van der Waals surface area contributed by atoms with Crippen LogP contribution >= 0.6 is 0 Å². The molecule has 0 N–H and O–H groups in total. The fraction of sp³-hybridized carbons (Fsp3) is 0.464. The molecule has 1 aliphatic heterocycles. The summed E-state index contributed by atoms with van der Waals surface area (Å²) in [6.45, 7) is 12.7. The van der Waals surface area contributed by atoms with Crippen LogP contribution in [0.4, 0.5) is 0 Å². The van der Waals surface area contributed by atoms with Crippen molar-refractivity contribution in [1.82, 2.24) is 0 Å². The van der Waals surface area contributed by atoms with Crippen molar-refractivity contribution in [2.75, 3.05) is 35.0 Å². The fourth-order valence-corrected chi connectivity index (χ4v) is 3.56. The van der Waals surface area contributed by atoms with Crippen molar-refractivity contribution in [2.45, 2.75) is 54.2 Å². The van der Waals surface area contributed by atoms with Gasteiger partial charge in [0.05, 0.1) is 32.3 Å². The fourth-order valence-electron chi connectivity index (χ4n) is 3.56. The number of fused-ring (bicyclic) bond motifs is 3. The molecule has 2 aromatic carbocycles. The van der Waals surface area contributed by atoms with Gasteiger partial charge < -0.3 is 23.7 Å². The second-order valence-electron chi connectivity index (χ2n) is 6.91. The molecule has 1 aromatic heterocycles. The van der Waals surface area contributed by atoms with Crippen molar-refractivity contribution in [3.05, 3.63) is 42.5 Å². The smallest absolute Gasteiger partial charge is 0.379 e. The summed E-state index contributed by atoms with van der Waals surface area (Å²) in [6, 6.07) is 14.1. The maximum Gasteiger partial charge on any atom is 0.379 e. The van der Waals surface area contributed by atoms with Gasteiger partial charge in [0.15, 0.2) is 18.1 Å². The summed E-state index contributed by atoms with van der Waals surface area (Å²) in [4.78, 5) is 0. The van der Waals surface area contributed by atoms with Crippen LogP contribution in [0, 0.1) is 0 Å². The normalized spacial score (nSPS) is 13.1. The van der Waals surface area contributed by atoms with Crippen LogP contribution in [0.5, 0.6) is 23.1 Å². The van der Waals surface area contributed by atoms with Crippen LogP contribution < -0.4 is 23.5 Å². The molecule has 0 radical (unpaired) electrons. The van der Waals surface area contributed by atoms with Crippen molar-refractivity contribution in [3.63, 3.8) is 0 Å². The average molecular weight is 473 g/mol. The maximum atomic E-state index is 5.99. The van der Waals surface area contributed by atoms with Crippen LogP contribution in [-0.2, 0) is 4.74 Å². The number of ether oxygens (including phenoxy) is 5. The zero-order valence-corrected chi connectivity index (χ0v) is 22.5. The van der Waals surface area contributed by atoms with Crippen molar-refractivity contribution in [3.8, 4) is 34.4 Å². The van der Waals surface area contributed by atoms with Crippen molar-refractivity contribution < 1.29 is 28.3 Å². The van der Waals surface area contributed by atoms with Gasteiger partial charge in [0.1, 0.15) is 0 Å². The quantitative estimate of drug-likeness (QED) is 0.381. The molecule has 1 unspecified atom stereocenters. The lowest BCUT2D eigenvalue weighted by molar-refractivity contribution is -0.731. The van der Waals surface area contributed by atoms with Gasteiger partial charge in [-0.2, -0.15) is 0 Å². The van der Waals surface area contributed by atoms with Crippen molar-refractivity contribution >= 4 is 10.8 Å². The number of pyridine rings is 1. The van der Waals surface area contributed by atoms with Crippen LogP contribution in [0.15, 0.2) is 42.5 Å². The standard InChI is InChI=1S/C21H22NO5.C3H8.2C2H6/c1-23-17-10-14(11-18(24-2)20(17)26-4)16-9-13-7-5-6-8-15(13)21-22(16)19(25-3)12-27-21;1-3-2;2*1-2/h5-11,19H,12H2,1-4H3;3H2,1-2H3;2*1-2H3/q+1;;;. The van der Waals surface area contributed by atoms with E-state index in [1.54, 1.807) is 28.4 Å². The van der Waals surface area contributed by atoms with E-state index in [0.29, 0.717) is 23.9 Å². The van der Waals surface area contributed by atoms with E-state index < -0.39 is 0 Å². The molecule has 0 amide bonds. The van der Waals surface area contributed by atoms with Crippen LogP contribution in [0.25, 0.3) is 22.0 Å². The minimum atomic E-state index is -0.210. The van der Waals surface area contributed by atoms with E-state index >= 15 is 0 Å². The number of benzene rings is 2. The first-order chi connectivity index (χ1) is 16.6. The second kappa shape index (κ2) is 15.0. The van der Waals surface area contributed by atoms with E-state index in [1.165, 1.54) is 6.42 Å². The molecule has 0 spiro atoms. The van der Waals surface area contributed by atoms with E-state index in [2.05, 4.69) is 36.6 Å². The lowest BCUT2D eigenvalue weighted by atomic mass is 10.0. The molecule has 1 aliphatic rings. The molecule has 3 aromatic rings. The van der Waals surface area contributed by atoms with Crippen LogP contribution in [0.2, 0.25) is 0 Å². The first-order valence-corrected chi connectivity index (χ1v) is 12.1. The molecule has 0 aliphatic carbocycles. The zero-order chi connectivity index (χ0) is 25.7. The van der Waals surface area contributed by atoms with Gasteiger partial charge in [0.25, 0.3) is 0 Å². The lowest BCUT2D eigenvalue weighted by Gasteiger charge is -2.14. The van der Waals surface area contributed by atoms with Gasteiger partial charge in [-0.3, -0.25) is 0 Å². The van der Waals surface area contributed by atoms with Crippen LogP contribution in [-0.4, -0.2) is 35.0 Å². The lowest BCUT2D eigenvalue weighted by Crippen LogP contribution is -2.39. The van der Waals surface area contributed by atoms with Crippen molar-refractivity contribution in [1.29, 1.82) is 0 Å². The number of aromatic nitrogens is 1. The summed E-state index contributed by atoms with van der Waals surface area (Å²) in [5, 5.41) is 2.14. The molecule has 6 heteroatoms. The Balaban J connectivity index is 0.000000750. The Hall–Kier alpha value is -2.99. The summed E-state index contributed by atoms with van der Waals surface area (Å²) in [5.74, 6) is 2.55. The van der Waals surface area contributed by atoms with Gasteiger partial charge in [-0.25, -0.2) is 0 Å². The third kappa shape index (κ3) is 6.11. The summed E-state index contributed by atoms with van der Waals surface area (Å²) in [6.07, 6.45) is 1.04. The molecular formula is C28H42NO5+. The SMILES string of the molecule is CC.CC.CCC.COc1cc(-c2cc3ccccc3c3[n+]2C(OC)CO3)cc(OC)c1OC. The number of hydrogen-bond acceptors (Lipinski definition) is 5. The van der Waals surface area contributed by atoms with E-state index in [4.69, 9.17) is 23.7 Å². The zero-order valence-electron chi connectivity index (χ0n) is 22.5. The van der Waals surface area contributed by atoms with E-state index in [0.717, 1.165) is 27.9 Å². The van der Waals surface area contributed by atoms with Crippen LogP contribution in [0.1, 0.15) is 54.2 Å². The molecular weight excluding hydrogens is 430 g/mol. The van der Waals surface area contributed by atoms with Crippen LogP contribution in [0.3, 0.4) is 0 Å².